The molecular weight excluding hydrogens is 358 g/mol. The Balaban J connectivity index is 1.45. The molecule has 3 nitrogen and oxygen atoms in total. The molecule has 4 rings (SSSR count). The van der Waals surface area contributed by atoms with Gasteiger partial charge in [-0.05, 0) is 60.6 Å². The topological polar surface area (TPSA) is 40.5 Å². The maximum Gasteiger partial charge on any atom is 0.226 e. The van der Waals surface area contributed by atoms with Gasteiger partial charge < -0.3 is 10.0 Å². The number of nitrogens with zero attached hydrogens (tertiary/aromatic N) is 1. The Hall–Kier alpha value is -2.00. The van der Waals surface area contributed by atoms with Crippen LogP contribution in [0.15, 0.2) is 42.5 Å². The third kappa shape index (κ3) is 3.98. The van der Waals surface area contributed by atoms with Crippen LogP contribution in [0.4, 0.5) is 0 Å². The van der Waals surface area contributed by atoms with Gasteiger partial charge >= 0.3 is 0 Å². The van der Waals surface area contributed by atoms with Crippen molar-refractivity contribution < 1.29 is 9.90 Å². The van der Waals surface area contributed by atoms with Gasteiger partial charge in [-0.2, -0.15) is 0 Å². The Morgan fingerprint density at radius 1 is 0.963 bits per heavy atom. The second-order valence-electron chi connectivity index (χ2n) is 7.87. The van der Waals surface area contributed by atoms with Crippen molar-refractivity contribution in [2.45, 2.75) is 51.0 Å². The first kappa shape index (κ1) is 18.4. The lowest BCUT2D eigenvalue weighted by Gasteiger charge is -2.31. The van der Waals surface area contributed by atoms with Crippen LogP contribution in [0, 0.1) is 5.92 Å². The second kappa shape index (κ2) is 7.93. The summed E-state index contributed by atoms with van der Waals surface area (Å²) in [6.45, 7) is 0.900. The fourth-order valence-corrected chi connectivity index (χ4v) is 4.78. The molecule has 1 N–H and O–H groups in total. The van der Waals surface area contributed by atoms with E-state index in [1.807, 2.05) is 30.3 Å². The van der Waals surface area contributed by atoms with Crippen molar-refractivity contribution in [1.29, 1.82) is 0 Å². The first-order valence-electron chi connectivity index (χ1n) is 10.00. The molecule has 1 aliphatic carbocycles. The molecule has 0 aromatic heterocycles. The Morgan fingerprint density at radius 3 is 2.37 bits per heavy atom. The standard InChI is InChI=1S/C23H26ClNO2/c24-22-15-17(16-8-10-21(26)11-9-16)6-7-18(22)14-19-12-13-25(23(19)27)20-4-2-1-3-5-20/h6-11,15,19-20,26H,1-5,12-14H2. The lowest BCUT2D eigenvalue weighted by atomic mass is 9.93. The highest BCUT2D eigenvalue weighted by atomic mass is 35.5. The van der Waals surface area contributed by atoms with Gasteiger partial charge in [-0.3, -0.25) is 4.79 Å². The van der Waals surface area contributed by atoms with E-state index >= 15 is 0 Å². The summed E-state index contributed by atoms with van der Waals surface area (Å²) in [6, 6.07) is 13.6. The summed E-state index contributed by atoms with van der Waals surface area (Å²) in [5, 5.41) is 10.2. The van der Waals surface area contributed by atoms with Crippen LogP contribution in [-0.2, 0) is 11.2 Å². The number of hydrogen-bond acceptors (Lipinski definition) is 2. The molecule has 1 heterocycles. The number of phenols is 1. The SMILES string of the molecule is O=C1C(Cc2ccc(-c3ccc(O)cc3)cc2Cl)CCN1C1CCCCC1. The molecule has 1 unspecified atom stereocenters. The molecule has 1 saturated heterocycles. The molecule has 1 atom stereocenters. The van der Waals surface area contributed by atoms with Gasteiger partial charge in [0.2, 0.25) is 5.91 Å². The number of hydrogen-bond donors (Lipinski definition) is 1. The fraction of sp³-hybridized carbons (Fsp3) is 0.435. The molecular formula is C23H26ClNO2. The van der Waals surface area contributed by atoms with Gasteiger partial charge in [0.05, 0.1) is 0 Å². The summed E-state index contributed by atoms with van der Waals surface area (Å²) in [7, 11) is 0. The Morgan fingerprint density at radius 2 is 1.67 bits per heavy atom. The molecule has 27 heavy (non-hydrogen) atoms. The van der Waals surface area contributed by atoms with Gasteiger partial charge in [-0.15, -0.1) is 0 Å². The van der Waals surface area contributed by atoms with Crippen LogP contribution < -0.4 is 0 Å². The van der Waals surface area contributed by atoms with E-state index in [9.17, 15) is 9.90 Å². The van der Waals surface area contributed by atoms with E-state index in [0.717, 1.165) is 36.1 Å². The zero-order valence-corrected chi connectivity index (χ0v) is 16.3. The van der Waals surface area contributed by atoms with Crippen molar-refractivity contribution in [2.75, 3.05) is 6.54 Å². The average molecular weight is 384 g/mol. The van der Waals surface area contributed by atoms with Crippen LogP contribution in [-0.4, -0.2) is 28.5 Å². The summed E-state index contributed by atoms with van der Waals surface area (Å²) in [5.41, 5.74) is 3.08. The van der Waals surface area contributed by atoms with Crippen molar-refractivity contribution >= 4 is 17.5 Å². The summed E-state index contributed by atoms with van der Waals surface area (Å²) >= 11 is 6.55. The molecule has 0 bridgehead atoms. The predicted octanol–water partition coefficient (Wildman–Crippen LogP) is 5.44. The Kier molecular flexibility index (Phi) is 5.40. The number of carbonyl (C=O) groups excluding carboxylic acids is 1. The molecule has 2 aromatic carbocycles. The Labute approximate surface area is 166 Å². The van der Waals surface area contributed by atoms with Crippen LogP contribution in [0.25, 0.3) is 11.1 Å². The number of carbonyl (C=O) groups is 1. The zero-order valence-electron chi connectivity index (χ0n) is 15.5. The van der Waals surface area contributed by atoms with Crippen molar-refractivity contribution in [3.8, 4) is 16.9 Å². The van der Waals surface area contributed by atoms with E-state index in [1.165, 1.54) is 32.1 Å². The minimum atomic E-state index is 0.0592. The number of halogens is 1. The van der Waals surface area contributed by atoms with Crippen LogP contribution in [0.3, 0.4) is 0 Å². The van der Waals surface area contributed by atoms with E-state index < -0.39 is 0 Å². The minimum Gasteiger partial charge on any atom is -0.508 e. The van der Waals surface area contributed by atoms with Gasteiger partial charge in [0.25, 0.3) is 0 Å². The minimum absolute atomic E-state index is 0.0592. The van der Waals surface area contributed by atoms with Crippen molar-refractivity contribution in [3.05, 3.63) is 53.1 Å². The van der Waals surface area contributed by atoms with E-state index in [2.05, 4.69) is 4.90 Å². The largest absolute Gasteiger partial charge is 0.508 e. The van der Waals surface area contributed by atoms with Crippen LogP contribution in [0.2, 0.25) is 5.02 Å². The van der Waals surface area contributed by atoms with Gasteiger partial charge in [0.1, 0.15) is 5.75 Å². The summed E-state index contributed by atoms with van der Waals surface area (Å²) in [5.74, 6) is 0.633. The zero-order chi connectivity index (χ0) is 18.8. The molecule has 0 radical (unpaired) electrons. The summed E-state index contributed by atoms with van der Waals surface area (Å²) in [4.78, 5) is 15.0. The maximum atomic E-state index is 12.9. The van der Waals surface area contributed by atoms with E-state index in [-0.39, 0.29) is 11.7 Å². The number of benzene rings is 2. The Bertz CT molecular complexity index is 812. The number of aromatic hydroxyl groups is 1. The van der Waals surface area contributed by atoms with Crippen LogP contribution in [0.1, 0.15) is 44.1 Å². The lowest BCUT2D eigenvalue weighted by molar-refractivity contribution is -0.133. The molecule has 1 saturated carbocycles. The molecule has 1 aliphatic heterocycles. The quantitative estimate of drug-likeness (QED) is 0.764. The first-order chi connectivity index (χ1) is 13.1. The highest BCUT2D eigenvalue weighted by molar-refractivity contribution is 6.31. The number of phenolic OH excluding ortho intramolecular Hbond substituents is 1. The molecule has 0 spiro atoms. The molecule has 4 heteroatoms. The third-order valence-corrected chi connectivity index (χ3v) is 6.44. The third-order valence-electron chi connectivity index (χ3n) is 6.09. The molecule has 1 amide bonds. The first-order valence-corrected chi connectivity index (χ1v) is 10.4. The van der Waals surface area contributed by atoms with Gasteiger partial charge in [-0.25, -0.2) is 0 Å². The molecule has 142 valence electrons. The van der Waals surface area contributed by atoms with Gasteiger partial charge in [0.15, 0.2) is 0 Å². The molecule has 2 aliphatic rings. The second-order valence-corrected chi connectivity index (χ2v) is 8.27. The number of rotatable bonds is 4. The lowest BCUT2D eigenvalue weighted by Crippen LogP contribution is -2.39. The smallest absolute Gasteiger partial charge is 0.226 e. The highest BCUT2D eigenvalue weighted by Gasteiger charge is 2.36. The highest BCUT2D eigenvalue weighted by Crippen LogP contribution is 2.33. The van der Waals surface area contributed by atoms with Crippen molar-refractivity contribution in [3.63, 3.8) is 0 Å². The van der Waals surface area contributed by atoms with E-state index in [0.29, 0.717) is 17.0 Å². The van der Waals surface area contributed by atoms with Gasteiger partial charge in [-0.1, -0.05) is 55.1 Å². The number of amides is 1. The molecule has 2 aromatic rings. The molecule has 2 fully saturated rings. The van der Waals surface area contributed by atoms with Crippen LogP contribution in [0.5, 0.6) is 5.75 Å². The fourth-order valence-electron chi connectivity index (χ4n) is 4.52. The number of likely N-dealkylation sites (tertiary alicyclic amines) is 1. The average Bonchev–Trinajstić information content (AvgIpc) is 3.05. The van der Waals surface area contributed by atoms with Gasteiger partial charge in [0, 0.05) is 23.5 Å². The van der Waals surface area contributed by atoms with E-state index in [1.54, 1.807) is 12.1 Å². The van der Waals surface area contributed by atoms with Crippen molar-refractivity contribution in [1.82, 2.24) is 4.90 Å². The maximum absolute atomic E-state index is 12.9. The normalized spacial score (nSPS) is 21.0. The summed E-state index contributed by atoms with van der Waals surface area (Å²) < 4.78 is 0. The van der Waals surface area contributed by atoms with Crippen molar-refractivity contribution in [2.24, 2.45) is 5.92 Å². The summed E-state index contributed by atoms with van der Waals surface area (Å²) in [6.07, 6.45) is 7.81. The van der Waals surface area contributed by atoms with Crippen LogP contribution >= 0.6 is 11.6 Å². The van der Waals surface area contributed by atoms with E-state index in [4.69, 9.17) is 11.6 Å². The predicted molar refractivity (Wildman–Crippen MR) is 109 cm³/mol. The monoisotopic (exact) mass is 383 g/mol.